The largest absolute Gasteiger partial charge is 0.358 e. The zero-order valence-corrected chi connectivity index (χ0v) is 14.9. The minimum Gasteiger partial charge on any atom is -0.358 e. The highest BCUT2D eigenvalue weighted by molar-refractivity contribution is 5.99. The number of halogens is 1. The summed E-state index contributed by atoms with van der Waals surface area (Å²) in [7, 11) is 3.75. The third-order valence-corrected chi connectivity index (χ3v) is 5.48. The quantitative estimate of drug-likeness (QED) is 0.791. The highest BCUT2D eigenvalue weighted by Gasteiger charge is 2.38. The van der Waals surface area contributed by atoms with Crippen LogP contribution in [0.3, 0.4) is 0 Å². The van der Waals surface area contributed by atoms with Crippen molar-refractivity contribution < 1.29 is 4.39 Å². The molecule has 4 heterocycles. The zero-order chi connectivity index (χ0) is 18.0. The lowest BCUT2D eigenvalue weighted by atomic mass is 9.99. The molecule has 1 saturated heterocycles. The van der Waals surface area contributed by atoms with Gasteiger partial charge in [-0.05, 0) is 27.0 Å². The summed E-state index contributed by atoms with van der Waals surface area (Å²) >= 11 is 0. The molecular weight excluding hydrogens is 321 g/mol. The number of hydrogen-bond donors (Lipinski definition) is 1. The number of piperazine rings is 1. The van der Waals surface area contributed by atoms with Crippen molar-refractivity contribution in [2.45, 2.75) is 25.9 Å². The number of pyridine rings is 2. The summed E-state index contributed by atoms with van der Waals surface area (Å²) in [4.78, 5) is 21.7. The molecule has 2 aromatic heterocycles. The Hall–Kier alpha value is -2.41. The zero-order valence-electron chi connectivity index (χ0n) is 14.9. The molecule has 0 radical (unpaired) electrons. The van der Waals surface area contributed by atoms with E-state index in [1.54, 1.807) is 14.0 Å². The van der Waals surface area contributed by atoms with Gasteiger partial charge in [0.2, 0.25) is 0 Å². The Morgan fingerprint density at radius 2 is 2.08 bits per heavy atom. The van der Waals surface area contributed by atoms with Crippen molar-refractivity contribution in [2.24, 2.45) is 7.05 Å². The van der Waals surface area contributed by atoms with E-state index in [4.69, 9.17) is 0 Å². The van der Waals surface area contributed by atoms with Gasteiger partial charge in [0.15, 0.2) is 0 Å². The van der Waals surface area contributed by atoms with E-state index in [-0.39, 0.29) is 17.4 Å². The number of nitrogens with one attached hydrogen (secondary N) is 1. The molecule has 2 aromatic rings. The van der Waals surface area contributed by atoms with E-state index in [0.717, 1.165) is 24.5 Å². The van der Waals surface area contributed by atoms with Gasteiger partial charge in [-0.3, -0.25) is 14.3 Å². The van der Waals surface area contributed by atoms with Crippen LogP contribution in [0, 0.1) is 12.7 Å². The second-order valence-electron chi connectivity index (χ2n) is 7.12. The lowest BCUT2D eigenvalue weighted by Crippen LogP contribution is -2.59. The van der Waals surface area contributed by atoms with E-state index in [1.807, 2.05) is 0 Å². The number of anilines is 2. The van der Waals surface area contributed by atoms with Crippen molar-refractivity contribution in [1.29, 1.82) is 0 Å². The molecule has 0 aromatic carbocycles. The van der Waals surface area contributed by atoms with Gasteiger partial charge in [0, 0.05) is 37.3 Å². The van der Waals surface area contributed by atoms with Crippen LogP contribution >= 0.6 is 0 Å². The van der Waals surface area contributed by atoms with Crippen molar-refractivity contribution in [1.82, 2.24) is 14.5 Å². The van der Waals surface area contributed by atoms with E-state index in [9.17, 15) is 9.18 Å². The number of fused-ring (bicyclic) bond motifs is 5. The van der Waals surface area contributed by atoms with Gasteiger partial charge in [0.05, 0.1) is 17.4 Å². The van der Waals surface area contributed by atoms with Crippen LogP contribution in [0.15, 0.2) is 23.1 Å². The topological polar surface area (TPSA) is 53.4 Å². The predicted molar refractivity (Wildman–Crippen MR) is 97.7 cm³/mol. The summed E-state index contributed by atoms with van der Waals surface area (Å²) in [6, 6.07) is 1.84. The van der Waals surface area contributed by atoms with E-state index >= 15 is 0 Å². The van der Waals surface area contributed by atoms with E-state index in [2.05, 4.69) is 40.7 Å². The van der Waals surface area contributed by atoms with Crippen LogP contribution in [0.4, 0.5) is 15.8 Å². The molecule has 7 heteroatoms. The summed E-state index contributed by atoms with van der Waals surface area (Å²) in [5.41, 5.74) is 2.61. The van der Waals surface area contributed by atoms with Crippen molar-refractivity contribution in [2.75, 3.05) is 30.4 Å². The number of rotatable bonds is 0. The van der Waals surface area contributed by atoms with Crippen LogP contribution in [0.5, 0.6) is 0 Å². The maximum Gasteiger partial charge on any atom is 0.277 e. The van der Waals surface area contributed by atoms with Gasteiger partial charge in [-0.15, -0.1) is 0 Å². The first-order chi connectivity index (χ1) is 11.8. The Morgan fingerprint density at radius 3 is 2.80 bits per heavy atom. The molecule has 6 nitrogen and oxygen atoms in total. The first-order valence-corrected chi connectivity index (χ1v) is 8.42. The number of hydrogen-bond acceptors (Lipinski definition) is 5. The number of likely N-dealkylation sites (N-methyl/N-ethyl adjacent to an activating group) is 1. The lowest BCUT2D eigenvalue weighted by Gasteiger charge is -2.49. The molecule has 0 aliphatic carbocycles. The van der Waals surface area contributed by atoms with E-state index in [1.165, 1.54) is 10.6 Å². The molecule has 132 valence electrons. The third-order valence-electron chi connectivity index (χ3n) is 5.48. The molecule has 0 saturated carbocycles. The molecule has 0 bridgehead atoms. The fourth-order valence-electron chi connectivity index (χ4n) is 3.80. The molecule has 0 spiro atoms. The maximum absolute atomic E-state index is 14.3. The molecule has 1 fully saturated rings. The van der Waals surface area contributed by atoms with Crippen molar-refractivity contribution in [3.63, 3.8) is 0 Å². The second-order valence-corrected chi connectivity index (χ2v) is 7.12. The fraction of sp³-hybridized carbons (Fsp3) is 0.444. The smallest absolute Gasteiger partial charge is 0.277 e. The van der Waals surface area contributed by atoms with Crippen LogP contribution in [0.1, 0.15) is 12.6 Å². The van der Waals surface area contributed by atoms with Crippen LogP contribution in [-0.4, -0.2) is 46.7 Å². The normalized spacial score (nSPS) is 23.4. The standard InChI is InChI=1S/C18H22FN5O/c1-9-7-24-14(8-22(9)4)11(3)20-15-16(24)12-6-13(19)10(2)21-17(12)23(5)18(15)25/h6,9,14,20H,3,7-8H2,1-2,4-5H3. The molecule has 2 unspecified atom stereocenters. The van der Waals surface area contributed by atoms with Crippen molar-refractivity contribution >= 4 is 22.4 Å². The maximum atomic E-state index is 14.3. The Kier molecular flexibility index (Phi) is 3.40. The van der Waals surface area contributed by atoms with Crippen molar-refractivity contribution in [3.05, 3.63) is 40.2 Å². The van der Waals surface area contributed by atoms with Crippen LogP contribution in [-0.2, 0) is 7.05 Å². The minimum absolute atomic E-state index is 0.0355. The average molecular weight is 343 g/mol. The van der Waals surface area contributed by atoms with Gasteiger partial charge >= 0.3 is 0 Å². The molecule has 0 amide bonds. The minimum atomic E-state index is -0.364. The molecule has 2 aliphatic rings. The highest BCUT2D eigenvalue weighted by atomic mass is 19.1. The second kappa shape index (κ2) is 5.29. The van der Waals surface area contributed by atoms with Crippen LogP contribution < -0.4 is 15.8 Å². The van der Waals surface area contributed by atoms with Gasteiger partial charge in [0.1, 0.15) is 17.2 Å². The predicted octanol–water partition coefficient (Wildman–Crippen LogP) is 1.83. The summed E-state index contributed by atoms with van der Waals surface area (Å²) in [5.74, 6) is -0.364. The van der Waals surface area contributed by atoms with Gasteiger partial charge in [0.25, 0.3) is 5.56 Å². The molecule has 2 aliphatic heterocycles. The summed E-state index contributed by atoms with van der Waals surface area (Å²) in [6.45, 7) is 9.42. The summed E-state index contributed by atoms with van der Waals surface area (Å²) in [6.07, 6.45) is 0. The average Bonchev–Trinajstić information content (AvgIpc) is 2.56. The first kappa shape index (κ1) is 16.1. The SMILES string of the molecule is C=C1Nc2c(c3cc(F)c(C)nc3n(C)c2=O)N2CC(C)N(C)CC12. The first-order valence-electron chi connectivity index (χ1n) is 8.42. The molecular formula is C18H22FN5O. The van der Waals surface area contributed by atoms with Crippen molar-refractivity contribution in [3.8, 4) is 0 Å². The summed E-state index contributed by atoms with van der Waals surface area (Å²) in [5, 5.41) is 3.84. The van der Waals surface area contributed by atoms with Gasteiger partial charge in [-0.25, -0.2) is 9.37 Å². The van der Waals surface area contributed by atoms with E-state index in [0.29, 0.717) is 28.5 Å². The Morgan fingerprint density at radius 1 is 1.36 bits per heavy atom. The third kappa shape index (κ3) is 2.18. The van der Waals surface area contributed by atoms with Crippen LogP contribution in [0.2, 0.25) is 0 Å². The lowest BCUT2D eigenvalue weighted by molar-refractivity contribution is 0.210. The van der Waals surface area contributed by atoms with Gasteiger partial charge in [-0.1, -0.05) is 6.58 Å². The van der Waals surface area contributed by atoms with Gasteiger partial charge in [-0.2, -0.15) is 0 Å². The Balaban J connectivity index is 2.06. The Labute approximate surface area is 145 Å². The molecule has 4 rings (SSSR count). The molecule has 2 atom stereocenters. The fourth-order valence-corrected chi connectivity index (χ4v) is 3.80. The van der Waals surface area contributed by atoms with Gasteiger partial charge < -0.3 is 10.2 Å². The van der Waals surface area contributed by atoms with Crippen LogP contribution in [0.25, 0.3) is 11.0 Å². The molecule has 1 N–H and O–H groups in total. The highest BCUT2D eigenvalue weighted by Crippen LogP contribution is 2.40. The number of nitrogens with zero attached hydrogens (tertiary/aromatic N) is 4. The molecule has 25 heavy (non-hydrogen) atoms. The summed E-state index contributed by atoms with van der Waals surface area (Å²) < 4.78 is 15.7. The Bertz CT molecular complexity index is 966. The number of aromatic nitrogens is 2. The van der Waals surface area contributed by atoms with E-state index < -0.39 is 0 Å². The monoisotopic (exact) mass is 343 g/mol. The number of aryl methyl sites for hydroxylation is 2.